The fourth-order valence-electron chi connectivity index (χ4n) is 1.65. The number of carbonyl (C=O) groups is 1. The van der Waals surface area contributed by atoms with E-state index in [0.29, 0.717) is 0 Å². The van der Waals surface area contributed by atoms with Crippen molar-refractivity contribution in [1.82, 2.24) is 14.8 Å². The van der Waals surface area contributed by atoms with E-state index in [-0.39, 0.29) is 0 Å². The van der Waals surface area contributed by atoms with Gasteiger partial charge in [-0.3, -0.25) is 9.48 Å². The molecule has 1 saturated carbocycles. The van der Waals surface area contributed by atoms with Crippen molar-refractivity contribution in [2.45, 2.75) is 32.2 Å². The van der Waals surface area contributed by atoms with E-state index in [2.05, 4.69) is 10.1 Å². The van der Waals surface area contributed by atoms with Gasteiger partial charge in [-0.1, -0.05) is 0 Å². The Labute approximate surface area is 81.8 Å². The first-order valence-corrected chi connectivity index (χ1v) is 4.79. The minimum Gasteiger partial charge on any atom is -0.481 e. The van der Waals surface area contributed by atoms with Gasteiger partial charge in [-0.05, 0) is 25.7 Å². The maximum absolute atomic E-state index is 10.8. The second-order valence-corrected chi connectivity index (χ2v) is 3.85. The number of hydrogen-bond acceptors (Lipinski definition) is 3. The molecule has 14 heavy (non-hydrogen) atoms. The maximum Gasteiger partial charge on any atom is 0.309 e. The van der Waals surface area contributed by atoms with Crippen LogP contribution in [0.2, 0.25) is 0 Å². The van der Waals surface area contributed by atoms with Crippen LogP contribution < -0.4 is 0 Å². The van der Waals surface area contributed by atoms with Crippen molar-refractivity contribution in [2.24, 2.45) is 5.41 Å². The number of carboxylic acid groups (broad SMARTS) is 1. The molecule has 1 aliphatic carbocycles. The van der Waals surface area contributed by atoms with Crippen LogP contribution in [0.15, 0.2) is 12.7 Å². The standard InChI is InChI=1S/C9H13N3O2/c13-8(14)9(3-4-9)2-1-5-12-7-10-6-11-12/h6-7H,1-5H2,(H,13,14). The lowest BCUT2D eigenvalue weighted by Gasteiger charge is -2.08. The van der Waals surface area contributed by atoms with Crippen LogP contribution in [-0.4, -0.2) is 25.8 Å². The second kappa shape index (κ2) is 3.40. The second-order valence-electron chi connectivity index (χ2n) is 3.85. The van der Waals surface area contributed by atoms with Crippen molar-refractivity contribution in [3.63, 3.8) is 0 Å². The first-order valence-electron chi connectivity index (χ1n) is 4.79. The first-order chi connectivity index (χ1) is 6.73. The molecular weight excluding hydrogens is 182 g/mol. The number of rotatable bonds is 5. The van der Waals surface area contributed by atoms with Gasteiger partial charge in [0, 0.05) is 6.54 Å². The first kappa shape index (κ1) is 9.18. The molecular formula is C9H13N3O2. The minimum absolute atomic E-state index is 0.402. The number of aliphatic carboxylic acids is 1. The topological polar surface area (TPSA) is 68.0 Å². The Hall–Kier alpha value is -1.39. The Morgan fingerprint density at radius 3 is 2.86 bits per heavy atom. The Morgan fingerprint density at radius 2 is 2.36 bits per heavy atom. The predicted molar refractivity (Wildman–Crippen MR) is 48.6 cm³/mol. The number of carboxylic acids is 1. The zero-order valence-electron chi connectivity index (χ0n) is 7.89. The average Bonchev–Trinajstić information content (AvgIpc) is 2.76. The van der Waals surface area contributed by atoms with Crippen molar-refractivity contribution in [1.29, 1.82) is 0 Å². The van der Waals surface area contributed by atoms with Crippen LogP contribution in [-0.2, 0) is 11.3 Å². The lowest BCUT2D eigenvalue weighted by molar-refractivity contribution is -0.143. The molecule has 1 aliphatic rings. The summed E-state index contributed by atoms with van der Waals surface area (Å²) in [4.78, 5) is 14.7. The summed E-state index contributed by atoms with van der Waals surface area (Å²) in [7, 11) is 0. The van der Waals surface area contributed by atoms with Gasteiger partial charge in [0.2, 0.25) is 0 Å². The number of hydrogen-bond donors (Lipinski definition) is 1. The van der Waals surface area contributed by atoms with E-state index in [1.807, 2.05) is 0 Å². The van der Waals surface area contributed by atoms with E-state index < -0.39 is 11.4 Å². The van der Waals surface area contributed by atoms with Crippen molar-refractivity contribution < 1.29 is 9.90 Å². The predicted octanol–water partition coefficient (Wildman–Crippen LogP) is 0.923. The van der Waals surface area contributed by atoms with Crippen LogP contribution in [0.4, 0.5) is 0 Å². The highest BCUT2D eigenvalue weighted by Crippen LogP contribution is 2.49. The molecule has 5 nitrogen and oxygen atoms in total. The molecule has 2 rings (SSSR count). The molecule has 0 aliphatic heterocycles. The molecule has 0 saturated heterocycles. The van der Waals surface area contributed by atoms with Gasteiger partial charge in [0.15, 0.2) is 0 Å². The molecule has 76 valence electrons. The normalized spacial score (nSPS) is 18.0. The summed E-state index contributed by atoms with van der Waals surface area (Å²) >= 11 is 0. The summed E-state index contributed by atoms with van der Waals surface area (Å²) in [6.45, 7) is 0.759. The monoisotopic (exact) mass is 195 g/mol. The Bertz CT molecular complexity index is 317. The summed E-state index contributed by atoms with van der Waals surface area (Å²) in [6.07, 6.45) is 6.42. The molecule has 1 fully saturated rings. The molecule has 1 aromatic rings. The van der Waals surface area contributed by atoms with E-state index in [9.17, 15) is 4.79 Å². The van der Waals surface area contributed by atoms with Crippen LogP contribution in [0.3, 0.4) is 0 Å². The van der Waals surface area contributed by atoms with Gasteiger partial charge < -0.3 is 5.11 Å². The Morgan fingerprint density at radius 1 is 1.57 bits per heavy atom. The molecule has 1 aromatic heterocycles. The van der Waals surface area contributed by atoms with Crippen LogP contribution in [0.25, 0.3) is 0 Å². The minimum atomic E-state index is -0.643. The third kappa shape index (κ3) is 1.76. The lowest BCUT2D eigenvalue weighted by Crippen LogP contribution is -2.15. The van der Waals surface area contributed by atoms with Crippen molar-refractivity contribution >= 4 is 5.97 Å². The van der Waals surface area contributed by atoms with E-state index in [1.165, 1.54) is 6.33 Å². The Balaban J connectivity index is 1.76. The molecule has 1 N–H and O–H groups in total. The highest BCUT2D eigenvalue weighted by molar-refractivity contribution is 5.77. The van der Waals surface area contributed by atoms with Gasteiger partial charge >= 0.3 is 5.97 Å². The molecule has 0 spiro atoms. The van der Waals surface area contributed by atoms with Gasteiger partial charge in [0.05, 0.1) is 5.41 Å². The van der Waals surface area contributed by atoms with Crippen molar-refractivity contribution in [2.75, 3.05) is 0 Å². The van der Waals surface area contributed by atoms with Crippen molar-refractivity contribution in [3.8, 4) is 0 Å². The summed E-state index contributed by atoms with van der Waals surface area (Å²) in [5.41, 5.74) is -0.402. The van der Waals surface area contributed by atoms with Gasteiger partial charge in [0.25, 0.3) is 0 Å². The fraction of sp³-hybridized carbons (Fsp3) is 0.667. The molecule has 5 heteroatoms. The third-order valence-corrected chi connectivity index (χ3v) is 2.82. The molecule has 0 unspecified atom stereocenters. The number of aryl methyl sites for hydroxylation is 1. The summed E-state index contributed by atoms with van der Waals surface area (Å²) in [5.74, 6) is -0.643. The largest absolute Gasteiger partial charge is 0.481 e. The molecule has 0 radical (unpaired) electrons. The van der Waals surface area contributed by atoms with E-state index in [0.717, 1.165) is 32.2 Å². The van der Waals surface area contributed by atoms with E-state index in [1.54, 1.807) is 11.0 Å². The molecule has 0 aromatic carbocycles. The number of aromatic nitrogens is 3. The van der Waals surface area contributed by atoms with Crippen LogP contribution in [0, 0.1) is 5.41 Å². The smallest absolute Gasteiger partial charge is 0.309 e. The molecule has 1 heterocycles. The zero-order valence-corrected chi connectivity index (χ0v) is 7.89. The number of nitrogens with zero attached hydrogens (tertiary/aromatic N) is 3. The van der Waals surface area contributed by atoms with Crippen LogP contribution in [0.1, 0.15) is 25.7 Å². The Kier molecular flexibility index (Phi) is 2.23. The van der Waals surface area contributed by atoms with E-state index in [4.69, 9.17) is 5.11 Å². The highest BCUT2D eigenvalue weighted by Gasteiger charge is 2.49. The van der Waals surface area contributed by atoms with Crippen LogP contribution in [0.5, 0.6) is 0 Å². The van der Waals surface area contributed by atoms with Gasteiger partial charge in [-0.15, -0.1) is 0 Å². The maximum atomic E-state index is 10.8. The molecule has 0 amide bonds. The lowest BCUT2D eigenvalue weighted by atomic mass is 10.0. The fourth-order valence-corrected chi connectivity index (χ4v) is 1.65. The van der Waals surface area contributed by atoms with Gasteiger partial charge in [-0.25, -0.2) is 4.98 Å². The van der Waals surface area contributed by atoms with Crippen molar-refractivity contribution in [3.05, 3.63) is 12.7 Å². The zero-order chi connectivity index (χ0) is 10.0. The summed E-state index contributed by atoms with van der Waals surface area (Å²) in [6, 6.07) is 0. The van der Waals surface area contributed by atoms with Crippen LogP contribution >= 0.6 is 0 Å². The summed E-state index contributed by atoms with van der Waals surface area (Å²) < 4.78 is 1.73. The highest BCUT2D eigenvalue weighted by atomic mass is 16.4. The van der Waals surface area contributed by atoms with E-state index >= 15 is 0 Å². The quantitative estimate of drug-likeness (QED) is 0.758. The molecule has 0 atom stereocenters. The van der Waals surface area contributed by atoms with Gasteiger partial charge in [0.1, 0.15) is 12.7 Å². The summed E-state index contributed by atoms with van der Waals surface area (Å²) in [5, 5.41) is 12.9. The SMILES string of the molecule is O=C(O)C1(CCCn2cncn2)CC1. The molecule has 0 bridgehead atoms. The average molecular weight is 195 g/mol. The van der Waals surface area contributed by atoms with Gasteiger partial charge in [-0.2, -0.15) is 5.10 Å². The third-order valence-electron chi connectivity index (χ3n) is 2.82.